The standard InChI is InChI=1S/C14H21N.H2S/c1-10-5-14(9-15(2)8-10)12-4-3-11-6-13(11)7-12;/h3-4,7,10-11,13-14H,5-6,8-9H2,1-2H3;1H2. The fourth-order valence-electron chi connectivity index (χ4n) is 3.32. The van der Waals surface area contributed by atoms with Gasteiger partial charge in [0, 0.05) is 13.1 Å². The highest BCUT2D eigenvalue weighted by molar-refractivity contribution is 7.59. The van der Waals surface area contributed by atoms with Crippen molar-refractivity contribution in [1.82, 2.24) is 4.90 Å². The maximum atomic E-state index is 2.56. The summed E-state index contributed by atoms with van der Waals surface area (Å²) in [7, 11) is 2.26. The molecule has 0 bridgehead atoms. The topological polar surface area (TPSA) is 3.24 Å². The second kappa shape index (κ2) is 4.58. The maximum absolute atomic E-state index is 2.56. The average Bonchev–Trinajstić information content (AvgIpc) is 2.93. The number of rotatable bonds is 1. The molecule has 0 aromatic rings. The summed E-state index contributed by atoms with van der Waals surface area (Å²) in [6.45, 7) is 4.92. The van der Waals surface area contributed by atoms with Crippen LogP contribution in [0.2, 0.25) is 0 Å². The molecule has 90 valence electrons. The van der Waals surface area contributed by atoms with Crippen LogP contribution in [0.25, 0.3) is 0 Å². The van der Waals surface area contributed by atoms with Crippen molar-refractivity contribution in [2.24, 2.45) is 23.7 Å². The predicted molar refractivity (Wildman–Crippen MR) is 74.0 cm³/mol. The summed E-state index contributed by atoms with van der Waals surface area (Å²) in [5.74, 6) is 3.48. The van der Waals surface area contributed by atoms with Gasteiger partial charge in [-0.2, -0.15) is 13.5 Å². The van der Waals surface area contributed by atoms with E-state index in [-0.39, 0.29) is 13.5 Å². The zero-order chi connectivity index (χ0) is 10.4. The van der Waals surface area contributed by atoms with Crippen LogP contribution in [0.1, 0.15) is 19.8 Å². The third kappa shape index (κ3) is 2.38. The lowest BCUT2D eigenvalue weighted by Gasteiger charge is -2.35. The van der Waals surface area contributed by atoms with Gasteiger partial charge in [-0.15, -0.1) is 0 Å². The predicted octanol–water partition coefficient (Wildman–Crippen LogP) is 2.82. The second-order valence-electron chi connectivity index (χ2n) is 5.85. The van der Waals surface area contributed by atoms with Crippen LogP contribution in [0.3, 0.4) is 0 Å². The molecule has 2 aliphatic carbocycles. The molecule has 0 amide bonds. The molecule has 0 N–H and O–H groups in total. The van der Waals surface area contributed by atoms with Crippen LogP contribution >= 0.6 is 13.5 Å². The van der Waals surface area contributed by atoms with Gasteiger partial charge in [-0.05, 0) is 49.1 Å². The van der Waals surface area contributed by atoms with Gasteiger partial charge in [-0.3, -0.25) is 0 Å². The Morgan fingerprint density at radius 2 is 2.00 bits per heavy atom. The summed E-state index contributed by atoms with van der Waals surface area (Å²) >= 11 is 0. The second-order valence-corrected chi connectivity index (χ2v) is 5.85. The van der Waals surface area contributed by atoms with Crippen molar-refractivity contribution in [3.05, 3.63) is 23.8 Å². The van der Waals surface area contributed by atoms with Crippen LogP contribution in [-0.4, -0.2) is 25.0 Å². The van der Waals surface area contributed by atoms with E-state index in [9.17, 15) is 0 Å². The van der Waals surface area contributed by atoms with Crippen molar-refractivity contribution in [3.63, 3.8) is 0 Å². The molecule has 3 rings (SSSR count). The number of likely N-dealkylation sites (tertiary alicyclic amines) is 1. The maximum Gasteiger partial charge on any atom is 0.00473 e. The summed E-state index contributed by atoms with van der Waals surface area (Å²) in [5.41, 5.74) is 1.63. The van der Waals surface area contributed by atoms with Gasteiger partial charge in [0.05, 0.1) is 0 Å². The third-order valence-electron chi connectivity index (χ3n) is 4.15. The lowest BCUT2D eigenvalue weighted by Crippen LogP contribution is -2.37. The zero-order valence-corrected chi connectivity index (χ0v) is 11.3. The van der Waals surface area contributed by atoms with Crippen LogP contribution in [0.5, 0.6) is 0 Å². The molecule has 0 radical (unpaired) electrons. The minimum Gasteiger partial charge on any atom is -0.305 e. The largest absolute Gasteiger partial charge is 0.305 e. The number of nitrogens with zero attached hydrogens (tertiary/aromatic N) is 1. The summed E-state index contributed by atoms with van der Waals surface area (Å²) in [5, 5.41) is 0. The summed E-state index contributed by atoms with van der Waals surface area (Å²) in [6.07, 6.45) is 10.2. The molecule has 0 spiro atoms. The van der Waals surface area contributed by atoms with Crippen molar-refractivity contribution >= 4 is 13.5 Å². The van der Waals surface area contributed by atoms with E-state index >= 15 is 0 Å². The Bertz CT molecular complexity index is 311. The van der Waals surface area contributed by atoms with E-state index in [4.69, 9.17) is 0 Å². The van der Waals surface area contributed by atoms with Gasteiger partial charge in [0.1, 0.15) is 0 Å². The van der Waals surface area contributed by atoms with Gasteiger partial charge >= 0.3 is 0 Å². The summed E-state index contributed by atoms with van der Waals surface area (Å²) in [6, 6.07) is 0. The lowest BCUT2D eigenvalue weighted by molar-refractivity contribution is 0.181. The van der Waals surface area contributed by atoms with Crippen molar-refractivity contribution in [2.45, 2.75) is 19.8 Å². The Hall–Kier alpha value is -0.210. The first-order valence-electron chi connectivity index (χ1n) is 6.31. The van der Waals surface area contributed by atoms with E-state index in [1.807, 2.05) is 0 Å². The Morgan fingerprint density at radius 3 is 2.69 bits per heavy atom. The Kier molecular flexibility index (Phi) is 3.50. The van der Waals surface area contributed by atoms with Crippen LogP contribution in [0.4, 0.5) is 0 Å². The molecule has 4 unspecified atom stereocenters. The first-order valence-corrected chi connectivity index (χ1v) is 6.31. The van der Waals surface area contributed by atoms with Crippen LogP contribution in [-0.2, 0) is 0 Å². The normalized spacial score (nSPS) is 42.0. The van der Waals surface area contributed by atoms with E-state index in [1.54, 1.807) is 5.57 Å². The van der Waals surface area contributed by atoms with Crippen LogP contribution in [0.15, 0.2) is 23.8 Å². The Labute approximate surface area is 106 Å². The SMILES string of the molecule is CC1CC(C2=CC3CC3C=C2)CN(C)C1.S. The van der Waals surface area contributed by atoms with E-state index in [0.29, 0.717) is 0 Å². The molecule has 0 aromatic heterocycles. The fraction of sp³-hybridized carbons (Fsp3) is 0.714. The first-order chi connectivity index (χ1) is 7.22. The molecule has 1 saturated heterocycles. The lowest BCUT2D eigenvalue weighted by atomic mass is 9.83. The van der Waals surface area contributed by atoms with E-state index in [2.05, 4.69) is 37.1 Å². The van der Waals surface area contributed by atoms with Gasteiger partial charge < -0.3 is 4.90 Å². The molecule has 2 fully saturated rings. The van der Waals surface area contributed by atoms with Crippen LogP contribution < -0.4 is 0 Å². The zero-order valence-electron chi connectivity index (χ0n) is 10.3. The number of piperidine rings is 1. The van der Waals surface area contributed by atoms with Gasteiger partial charge in [-0.25, -0.2) is 0 Å². The summed E-state index contributed by atoms with van der Waals surface area (Å²) < 4.78 is 0. The molecular weight excluding hydrogens is 214 g/mol. The molecular formula is C14H23NS. The first kappa shape index (κ1) is 12.3. The van der Waals surface area contributed by atoms with Crippen molar-refractivity contribution in [1.29, 1.82) is 0 Å². The Morgan fingerprint density at radius 1 is 1.19 bits per heavy atom. The molecule has 1 nitrogen and oxygen atoms in total. The molecule has 2 heteroatoms. The average molecular weight is 237 g/mol. The monoisotopic (exact) mass is 237 g/mol. The highest BCUT2D eigenvalue weighted by Crippen LogP contribution is 2.46. The molecule has 1 heterocycles. The Balaban J connectivity index is 0.000000963. The molecule has 4 atom stereocenters. The smallest absolute Gasteiger partial charge is 0.00473 e. The highest BCUT2D eigenvalue weighted by atomic mass is 32.1. The number of fused-ring (bicyclic) bond motifs is 1. The van der Waals surface area contributed by atoms with E-state index in [0.717, 1.165) is 23.7 Å². The number of allylic oxidation sites excluding steroid dienone is 3. The quantitative estimate of drug-likeness (QED) is 0.678. The molecule has 1 aliphatic heterocycles. The van der Waals surface area contributed by atoms with E-state index in [1.165, 1.54) is 25.9 Å². The van der Waals surface area contributed by atoms with Gasteiger partial charge in [0.15, 0.2) is 0 Å². The van der Waals surface area contributed by atoms with Crippen LogP contribution in [0, 0.1) is 23.7 Å². The minimum absolute atomic E-state index is 0. The molecule has 16 heavy (non-hydrogen) atoms. The summed E-state index contributed by atoms with van der Waals surface area (Å²) in [4.78, 5) is 2.49. The van der Waals surface area contributed by atoms with Crippen molar-refractivity contribution < 1.29 is 0 Å². The highest BCUT2D eigenvalue weighted by Gasteiger charge is 2.36. The third-order valence-corrected chi connectivity index (χ3v) is 4.15. The molecule has 3 aliphatic rings. The fourth-order valence-corrected chi connectivity index (χ4v) is 3.32. The number of hydrogen-bond acceptors (Lipinski definition) is 1. The van der Waals surface area contributed by atoms with Crippen molar-refractivity contribution in [2.75, 3.05) is 20.1 Å². The van der Waals surface area contributed by atoms with Gasteiger partial charge in [-0.1, -0.05) is 25.2 Å². The van der Waals surface area contributed by atoms with E-state index < -0.39 is 0 Å². The van der Waals surface area contributed by atoms with Crippen molar-refractivity contribution in [3.8, 4) is 0 Å². The molecule has 0 aromatic carbocycles. The van der Waals surface area contributed by atoms with Gasteiger partial charge in [0.2, 0.25) is 0 Å². The van der Waals surface area contributed by atoms with Gasteiger partial charge in [0.25, 0.3) is 0 Å². The number of hydrogen-bond donors (Lipinski definition) is 0. The minimum atomic E-state index is 0. The molecule has 1 saturated carbocycles.